The molecule has 0 fully saturated rings. The highest BCUT2D eigenvalue weighted by Gasteiger charge is 2.29. The monoisotopic (exact) mass is 440 g/mol. The van der Waals surface area contributed by atoms with Crippen molar-refractivity contribution in [3.05, 3.63) is 65.2 Å². The third kappa shape index (κ3) is 8.61. The first-order valence-electron chi connectivity index (χ1n) is 10.9. The molecule has 32 heavy (non-hydrogen) atoms. The first-order chi connectivity index (χ1) is 15.2. The lowest BCUT2D eigenvalue weighted by atomic mass is 10.1. The van der Waals surface area contributed by atoms with Gasteiger partial charge < -0.3 is 14.9 Å². The molecule has 0 unspecified atom stereocenters. The molecule has 0 amide bonds. The number of carboxylic acid groups (broad SMARTS) is 1. The fourth-order valence-electron chi connectivity index (χ4n) is 3.08. The Morgan fingerprint density at radius 2 is 1.72 bits per heavy atom. The SMILES string of the molecule is Cc1ccc(CC(=N)N=C(CCCc2ccc(OC(C)(C)C(=O)O)cc2)[NH2+]CCO)cc1. The molecule has 0 radical (unpaired) electrons. The molecule has 2 aromatic rings. The van der Waals surface area contributed by atoms with Gasteiger partial charge in [0.05, 0.1) is 6.61 Å². The lowest BCUT2D eigenvalue weighted by Crippen LogP contribution is -2.89. The molecule has 7 nitrogen and oxygen atoms in total. The number of aliphatic hydroxyl groups is 1. The first kappa shape index (κ1) is 25.2. The molecule has 172 valence electrons. The van der Waals surface area contributed by atoms with Crippen molar-refractivity contribution in [3.8, 4) is 5.75 Å². The van der Waals surface area contributed by atoms with Crippen LogP contribution in [0.1, 0.15) is 43.4 Å². The maximum Gasteiger partial charge on any atom is 0.347 e. The number of rotatable bonds is 11. The van der Waals surface area contributed by atoms with Crippen molar-refractivity contribution in [2.24, 2.45) is 4.99 Å². The number of carboxylic acids is 1. The molecule has 0 aliphatic rings. The second-order valence-electron chi connectivity index (χ2n) is 8.34. The number of nitrogens with one attached hydrogen (secondary N) is 1. The van der Waals surface area contributed by atoms with Crippen molar-refractivity contribution in [1.82, 2.24) is 0 Å². The summed E-state index contributed by atoms with van der Waals surface area (Å²) in [4.78, 5) is 15.7. The Morgan fingerprint density at radius 1 is 1.09 bits per heavy atom. The quantitative estimate of drug-likeness (QED) is 0.317. The molecular weight excluding hydrogens is 406 g/mol. The highest BCUT2D eigenvalue weighted by atomic mass is 16.5. The van der Waals surface area contributed by atoms with Crippen molar-refractivity contribution in [2.45, 2.75) is 52.1 Å². The summed E-state index contributed by atoms with van der Waals surface area (Å²) in [6.45, 7) is 5.64. The predicted molar refractivity (Wildman–Crippen MR) is 126 cm³/mol. The van der Waals surface area contributed by atoms with Crippen LogP contribution in [0.2, 0.25) is 0 Å². The van der Waals surface area contributed by atoms with Crippen LogP contribution in [0.5, 0.6) is 5.75 Å². The molecule has 0 aromatic heterocycles. The minimum Gasteiger partial charge on any atom is -0.478 e. The van der Waals surface area contributed by atoms with E-state index >= 15 is 0 Å². The Balaban J connectivity index is 1.91. The molecule has 0 bridgehead atoms. The van der Waals surface area contributed by atoms with Gasteiger partial charge in [-0.3, -0.25) is 10.7 Å². The number of hydrogen-bond donors (Lipinski definition) is 4. The van der Waals surface area contributed by atoms with Gasteiger partial charge in [-0.15, -0.1) is 0 Å². The number of carbonyl (C=O) groups is 1. The van der Waals surface area contributed by atoms with Crippen LogP contribution in [0.4, 0.5) is 0 Å². The number of benzene rings is 2. The maximum atomic E-state index is 11.2. The van der Waals surface area contributed by atoms with Gasteiger partial charge in [0.1, 0.15) is 18.1 Å². The normalized spacial score (nSPS) is 11.9. The summed E-state index contributed by atoms with van der Waals surface area (Å²) in [5.41, 5.74) is 2.07. The van der Waals surface area contributed by atoms with Crippen molar-refractivity contribution >= 4 is 17.6 Å². The molecule has 2 rings (SSSR count). The van der Waals surface area contributed by atoms with E-state index in [2.05, 4.69) is 4.99 Å². The summed E-state index contributed by atoms with van der Waals surface area (Å²) in [6, 6.07) is 15.5. The van der Waals surface area contributed by atoms with E-state index < -0.39 is 11.6 Å². The Labute approximate surface area is 189 Å². The van der Waals surface area contributed by atoms with E-state index in [1.54, 1.807) is 12.1 Å². The number of aliphatic carboxylic acids is 1. The van der Waals surface area contributed by atoms with E-state index in [9.17, 15) is 9.90 Å². The lowest BCUT2D eigenvalue weighted by molar-refractivity contribution is -0.544. The average Bonchev–Trinajstić information content (AvgIpc) is 2.74. The van der Waals surface area contributed by atoms with Crippen LogP contribution in [0.15, 0.2) is 53.5 Å². The molecule has 5 N–H and O–H groups in total. The number of nitrogens with two attached hydrogens (primary N) is 1. The van der Waals surface area contributed by atoms with Gasteiger partial charge >= 0.3 is 5.97 Å². The molecule has 0 aliphatic heterocycles. The van der Waals surface area contributed by atoms with Crippen LogP contribution >= 0.6 is 0 Å². The van der Waals surface area contributed by atoms with Gasteiger partial charge in [-0.05, 0) is 56.9 Å². The van der Waals surface area contributed by atoms with Crippen molar-refractivity contribution in [1.29, 1.82) is 5.41 Å². The standard InChI is InChI=1S/C25H33N3O4/c1-18-7-9-20(10-8-18)17-22(26)28-23(27-15-16-29)6-4-5-19-11-13-21(14-12-19)32-25(2,3)24(30)31/h7-14,29H,4-6,15-17H2,1-3H3,(H,30,31)(H2,26,27,28)/p+1. The molecule has 0 aliphatic carbocycles. The average molecular weight is 441 g/mol. The summed E-state index contributed by atoms with van der Waals surface area (Å²) in [5, 5.41) is 28.5. The Morgan fingerprint density at radius 3 is 2.31 bits per heavy atom. The molecule has 0 heterocycles. The van der Waals surface area contributed by atoms with Crippen LogP contribution < -0.4 is 10.1 Å². The van der Waals surface area contributed by atoms with Crippen LogP contribution in [0.3, 0.4) is 0 Å². The number of aliphatic imine (C=N–C) groups is 1. The number of hydrogen-bond acceptors (Lipinski definition) is 4. The van der Waals surface area contributed by atoms with Crippen molar-refractivity contribution in [3.63, 3.8) is 0 Å². The maximum absolute atomic E-state index is 11.2. The fraction of sp³-hybridized carbons (Fsp3) is 0.400. The summed E-state index contributed by atoms with van der Waals surface area (Å²) in [6.07, 6.45) is 2.85. The van der Waals surface area contributed by atoms with Gasteiger partial charge in [0, 0.05) is 12.8 Å². The first-order valence-corrected chi connectivity index (χ1v) is 10.9. The molecule has 7 heteroatoms. The minimum atomic E-state index is -1.28. The largest absolute Gasteiger partial charge is 0.478 e. The van der Waals surface area contributed by atoms with E-state index in [0.29, 0.717) is 31.0 Å². The zero-order valence-electron chi connectivity index (χ0n) is 19.1. The van der Waals surface area contributed by atoms with Gasteiger partial charge in [-0.1, -0.05) is 42.0 Å². The predicted octanol–water partition coefficient (Wildman–Crippen LogP) is 2.73. The van der Waals surface area contributed by atoms with Crippen molar-refractivity contribution < 1.29 is 25.1 Å². The number of quaternary nitrogens is 1. The number of amidine groups is 2. The summed E-state index contributed by atoms with van der Waals surface area (Å²) in [7, 11) is 0. The van der Waals surface area contributed by atoms with Gasteiger partial charge in [-0.2, -0.15) is 4.99 Å². The zero-order chi connectivity index (χ0) is 23.6. The molecule has 2 aromatic carbocycles. The molecule has 0 saturated carbocycles. The minimum absolute atomic E-state index is 0.0540. The fourth-order valence-corrected chi connectivity index (χ4v) is 3.08. The van der Waals surface area contributed by atoms with Crippen LogP contribution in [0.25, 0.3) is 0 Å². The molecule has 0 saturated heterocycles. The highest BCUT2D eigenvalue weighted by molar-refractivity contribution is 5.92. The van der Waals surface area contributed by atoms with Crippen LogP contribution in [0, 0.1) is 12.3 Å². The van der Waals surface area contributed by atoms with E-state index in [0.717, 1.165) is 29.8 Å². The van der Waals surface area contributed by atoms with E-state index in [1.807, 2.05) is 48.6 Å². The number of aryl methyl sites for hydroxylation is 2. The van der Waals surface area contributed by atoms with Crippen LogP contribution in [-0.4, -0.2) is 46.6 Å². The topological polar surface area (TPSA) is 120 Å². The second-order valence-corrected chi connectivity index (χ2v) is 8.34. The van der Waals surface area contributed by atoms with Gasteiger partial charge in [-0.25, -0.2) is 4.79 Å². The Bertz CT molecular complexity index is 919. The summed E-state index contributed by atoms with van der Waals surface area (Å²) in [5.74, 6) is 0.629. The zero-order valence-corrected chi connectivity index (χ0v) is 19.1. The smallest absolute Gasteiger partial charge is 0.347 e. The number of ether oxygens (including phenoxy) is 1. The van der Waals surface area contributed by atoms with E-state index in [1.165, 1.54) is 19.4 Å². The van der Waals surface area contributed by atoms with Gasteiger partial charge in [0.15, 0.2) is 5.60 Å². The number of aliphatic hydroxyl groups excluding tert-OH is 1. The van der Waals surface area contributed by atoms with E-state index in [-0.39, 0.29) is 6.61 Å². The summed E-state index contributed by atoms with van der Waals surface area (Å²) < 4.78 is 5.53. The molecule has 0 atom stereocenters. The van der Waals surface area contributed by atoms with Crippen LogP contribution in [-0.2, 0) is 17.6 Å². The highest BCUT2D eigenvalue weighted by Crippen LogP contribution is 2.20. The van der Waals surface area contributed by atoms with E-state index in [4.69, 9.17) is 15.3 Å². The third-order valence-corrected chi connectivity index (χ3v) is 4.99. The van der Waals surface area contributed by atoms with Crippen molar-refractivity contribution in [2.75, 3.05) is 13.2 Å². The van der Waals surface area contributed by atoms with Gasteiger partial charge in [0.2, 0.25) is 5.84 Å². The molecular formula is C25H34N3O4+. The second kappa shape index (κ2) is 12.1. The Hall–Kier alpha value is -3.03. The summed E-state index contributed by atoms with van der Waals surface area (Å²) >= 11 is 0. The third-order valence-electron chi connectivity index (χ3n) is 4.99. The number of nitrogens with zero attached hydrogens (tertiary/aromatic N) is 1. The lowest BCUT2D eigenvalue weighted by Gasteiger charge is -2.21. The Kier molecular flexibility index (Phi) is 9.56. The van der Waals surface area contributed by atoms with Gasteiger partial charge in [0.25, 0.3) is 0 Å². The molecule has 0 spiro atoms.